The number of nitrogens with one attached hydrogen (secondary N) is 1. The van der Waals surface area contributed by atoms with Gasteiger partial charge in [0.1, 0.15) is 11.5 Å². The van der Waals surface area contributed by atoms with Crippen LogP contribution in [0.3, 0.4) is 0 Å². The van der Waals surface area contributed by atoms with Crippen molar-refractivity contribution in [2.75, 3.05) is 18.5 Å². The smallest absolute Gasteiger partial charge is 0.259 e. The Hall–Kier alpha value is -3.28. The minimum absolute atomic E-state index is 0.246. The minimum atomic E-state index is -0.246. The molecule has 0 aliphatic carbocycles. The summed E-state index contributed by atoms with van der Waals surface area (Å²) in [5.41, 5.74) is 2.74. The van der Waals surface area contributed by atoms with Gasteiger partial charge in [0.25, 0.3) is 5.91 Å². The van der Waals surface area contributed by atoms with E-state index in [9.17, 15) is 4.79 Å². The first kappa shape index (κ1) is 18.5. The lowest BCUT2D eigenvalue weighted by Gasteiger charge is -2.13. The summed E-state index contributed by atoms with van der Waals surface area (Å²) >= 11 is 0. The van der Waals surface area contributed by atoms with E-state index in [1.165, 1.54) is 0 Å². The lowest BCUT2D eigenvalue weighted by Crippen LogP contribution is -2.14. The molecule has 27 heavy (non-hydrogen) atoms. The third kappa shape index (κ3) is 4.11. The molecule has 6 nitrogen and oxygen atoms in total. The van der Waals surface area contributed by atoms with Crippen molar-refractivity contribution in [1.82, 2.24) is 9.78 Å². The van der Waals surface area contributed by atoms with Gasteiger partial charge in [-0.3, -0.25) is 4.79 Å². The van der Waals surface area contributed by atoms with Gasteiger partial charge in [-0.2, -0.15) is 5.10 Å². The zero-order valence-corrected chi connectivity index (χ0v) is 15.7. The summed E-state index contributed by atoms with van der Waals surface area (Å²) < 4.78 is 12.9. The zero-order valence-electron chi connectivity index (χ0n) is 15.7. The molecule has 2 aromatic carbocycles. The molecule has 140 valence electrons. The Bertz CT molecular complexity index is 920. The van der Waals surface area contributed by atoms with E-state index in [2.05, 4.69) is 10.4 Å². The molecule has 1 amide bonds. The van der Waals surface area contributed by atoms with Gasteiger partial charge in [-0.05, 0) is 45.0 Å². The topological polar surface area (TPSA) is 65.4 Å². The Morgan fingerprint density at radius 1 is 1.07 bits per heavy atom. The molecule has 0 aliphatic rings. The molecule has 0 fully saturated rings. The van der Waals surface area contributed by atoms with Crippen LogP contribution in [0.25, 0.3) is 5.69 Å². The second-order valence-corrected chi connectivity index (χ2v) is 5.87. The summed E-state index contributed by atoms with van der Waals surface area (Å²) in [5.74, 6) is 1.03. The van der Waals surface area contributed by atoms with Crippen LogP contribution in [0.15, 0.2) is 54.7 Å². The Morgan fingerprint density at radius 3 is 2.52 bits per heavy atom. The largest absolute Gasteiger partial charge is 0.494 e. The van der Waals surface area contributed by atoms with Crippen LogP contribution >= 0.6 is 0 Å². The number of ether oxygens (including phenoxy) is 2. The van der Waals surface area contributed by atoms with Crippen molar-refractivity contribution in [3.8, 4) is 17.2 Å². The van der Waals surface area contributed by atoms with Crippen LogP contribution in [0, 0.1) is 6.92 Å². The van der Waals surface area contributed by atoms with Crippen molar-refractivity contribution in [2.24, 2.45) is 0 Å². The molecule has 0 unspecified atom stereocenters. The highest BCUT2D eigenvalue weighted by Crippen LogP contribution is 2.30. The first-order valence-corrected chi connectivity index (χ1v) is 8.95. The number of rotatable bonds is 7. The maximum absolute atomic E-state index is 12.8. The van der Waals surface area contributed by atoms with E-state index in [4.69, 9.17) is 9.47 Å². The van der Waals surface area contributed by atoms with Crippen LogP contribution in [0.4, 0.5) is 5.69 Å². The monoisotopic (exact) mass is 365 g/mol. The molecule has 0 bridgehead atoms. The summed E-state index contributed by atoms with van der Waals surface area (Å²) in [6.45, 7) is 6.73. The summed E-state index contributed by atoms with van der Waals surface area (Å²) in [6, 6.07) is 15.1. The Kier molecular flexibility index (Phi) is 5.76. The quantitative estimate of drug-likeness (QED) is 0.680. The molecule has 3 aromatic rings. The number of carbonyl (C=O) groups is 1. The normalized spacial score (nSPS) is 10.5. The minimum Gasteiger partial charge on any atom is -0.494 e. The second kappa shape index (κ2) is 8.40. The van der Waals surface area contributed by atoms with Crippen LogP contribution in [-0.4, -0.2) is 28.9 Å². The molecular weight excluding hydrogens is 342 g/mol. The molecule has 1 aromatic heterocycles. The fourth-order valence-corrected chi connectivity index (χ4v) is 2.80. The van der Waals surface area contributed by atoms with Crippen LogP contribution in [-0.2, 0) is 0 Å². The van der Waals surface area contributed by atoms with E-state index in [-0.39, 0.29) is 5.91 Å². The number of hydrogen-bond donors (Lipinski definition) is 1. The Labute approximate surface area is 158 Å². The lowest BCUT2D eigenvalue weighted by molar-refractivity contribution is 0.102. The van der Waals surface area contributed by atoms with Gasteiger partial charge in [0, 0.05) is 6.07 Å². The molecule has 1 heterocycles. The number of carbonyl (C=O) groups excluding carboxylic acids is 1. The molecular formula is C21H23N3O3. The molecule has 0 atom stereocenters. The van der Waals surface area contributed by atoms with Gasteiger partial charge >= 0.3 is 0 Å². The number of hydrogen-bond acceptors (Lipinski definition) is 4. The van der Waals surface area contributed by atoms with E-state index in [0.717, 1.165) is 11.4 Å². The van der Waals surface area contributed by atoms with Gasteiger partial charge in [0.15, 0.2) is 0 Å². The Balaban J connectivity index is 1.87. The number of para-hydroxylation sites is 1. The van der Waals surface area contributed by atoms with E-state index in [1.807, 2.05) is 57.2 Å². The second-order valence-electron chi connectivity index (χ2n) is 5.87. The van der Waals surface area contributed by atoms with E-state index >= 15 is 0 Å². The van der Waals surface area contributed by atoms with Gasteiger partial charge in [-0.25, -0.2) is 4.68 Å². The van der Waals surface area contributed by atoms with Crippen molar-refractivity contribution in [3.63, 3.8) is 0 Å². The highest BCUT2D eigenvalue weighted by atomic mass is 16.5. The van der Waals surface area contributed by atoms with Crippen LogP contribution in [0.2, 0.25) is 0 Å². The molecule has 0 spiro atoms. The first-order chi connectivity index (χ1) is 13.1. The van der Waals surface area contributed by atoms with Crippen LogP contribution in [0.5, 0.6) is 11.5 Å². The Morgan fingerprint density at radius 2 is 1.81 bits per heavy atom. The molecule has 0 saturated heterocycles. The number of amides is 1. The maximum Gasteiger partial charge on any atom is 0.259 e. The summed E-state index contributed by atoms with van der Waals surface area (Å²) in [4.78, 5) is 12.8. The van der Waals surface area contributed by atoms with Gasteiger partial charge < -0.3 is 14.8 Å². The average molecular weight is 365 g/mol. The van der Waals surface area contributed by atoms with Gasteiger partial charge in [-0.1, -0.05) is 18.2 Å². The summed E-state index contributed by atoms with van der Waals surface area (Å²) in [5, 5.41) is 7.27. The number of aromatic nitrogens is 2. The van der Waals surface area contributed by atoms with Crippen LogP contribution < -0.4 is 14.8 Å². The van der Waals surface area contributed by atoms with Crippen molar-refractivity contribution in [2.45, 2.75) is 20.8 Å². The maximum atomic E-state index is 12.8. The van der Waals surface area contributed by atoms with Crippen molar-refractivity contribution < 1.29 is 14.3 Å². The van der Waals surface area contributed by atoms with Gasteiger partial charge in [0.2, 0.25) is 0 Å². The van der Waals surface area contributed by atoms with E-state index < -0.39 is 0 Å². The van der Waals surface area contributed by atoms with E-state index in [0.29, 0.717) is 36.0 Å². The van der Waals surface area contributed by atoms with Crippen molar-refractivity contribution >= 4 is 11.6 Å². The summed E-state index contributed by atoms with van der Waals surface area (Å²) in [7, 11) is 0. The first-order valence-electron chi connectivity index (χ1n) is 8.95. The standard InChI is InChI=1S/C21H23N3O3/c1-4-26-17-11-12-20(27-5-2)19(13-17)23-21(25)18-14-22-24(15(18)3)16-9-7-6-8-10-16/h6-14H,4-5H2,1-3H3,(H,23,25). The third-order valence-electron chi connectivity index (χ3n) is 4.07. The molecule has 6 heteroatoms. The van der Waals surface area contributed by atoms with E-state index in [1.54, 1.807) is 23.0 Å². The average Bonchev–Trinajstić information content (AvgIpc) is 3.06. The summed E-state index contributed by atoms with van der Waals surface area (Å²) in [6.07, 6.45) is 1.57. The SMILES string of the molecule is CCOc1ccc(OCC)c(NC(=O)c2cnn(-c3ccccc3)c2C)c1. The van der Waals surface area contributed by atoms with Gasteiger partial charge in [-0.15, -0.1) is 0 Å². The number of anilines is 1. The molecule has 1 N–H and O–H groups in total. The van der Waals surface area contributed by atoms with Crippen molar-refractivity contribution in [3.05, 3.63) is 66.0 Å². The molecule has 0 aliphatic heterocycles. The van der Waals surface area contributed by atoms with Gasteiger partial charge in [0.05, 0.1) is 42.0 Å². The fraction of sp³-hybridized carbons (Fsp3) is 0.238. The number of nitrogens with zero attached hydrogens (tertiary/aromatic N) is 2. The lowest BCUT2D eigenvalue weighted by atomic mass is 10.2. The molecule has 3 rings (SSSR count). The zero-order chi connectivity index (χ0) is 19.2. The predicted octanol–water partition coefficient (Wildman–Crippen LogP) is 4.23. The third-order valence-corrected chi connectivity index (χ3v) is 4.07. The highest BCUT2D eigenvalue weighted by Gasteiger charge is 2.17. The molecule has 0 saturated carbocycles. The van der Waals surface area contributed by atoms with Crippen LogP contribution in [0.1, 0.15) is 29.9 Å². The fourth-order valence-electron chi connectivity index (χ4n) is 2.80. The highest BCUT2D eigenvalue weighted by molar-refractivity contribution is 6.05. The molecule has 0 radical (unpaired) electrons. The predicted molar refractivity (Wildman–Crippen MR) is 105 cm³/mol. The van der Waals surface area contributed by atoms with Crippen molar-refractivity contribution in [1.29, 1.82) is 0 Å². The number of benzene rings is 2.